The van der Waals surface area contributed by atoms with E-state index in [-0.39, 0.29) is 47.6 Å². The van der Waals surface area contributed by atoms with Crippen molar-refractivity contribution in [2.75, 3.05) is 0 Å². The largest absolute Gasteiger partial charge is 0.300 e. The lowest BCUT2D eigenvalue weighted by molar-refractivity contribution is -0.278. The van der Waals surface area contributed by atoms with Gasteiger partial charge in [0, 0.05) is 24.7 Å². The van der Waals surface area contributed by atoms with E-state index in [1.807, 2.05) is 13.0 Å². The molecule has 4 aliphatic rings. The number of alkyl halides is 3. The van der Waals surface area contributed by atoms with Crippen LogP contribution in [0.2, 0.25) is 0 Å². The molecule has 0 N–H and O–H groups in total. The first-order valence-corrected chi connectivity index (χ1v) is 9.76. The number of allylic oxidation sites excluding steroid dienone is 2. The van der Waals surface area contributed by atoms with Gasteiger partial charge in [0.2, 0.25) is 0 Å². The summed E-state index contributed by atoms with van der Waals surface area (Å²) in [6.45, 7) is 5.22. The average molecular weight is 368 g/mol. The Morgan fingerprint density at radius 2 is 1.85 bits per heavy atom. The van der Waals surface area contributed by atoms with E-state index in [9.17, 15) is 9.59 Å². The molecule has 6 atom stereocenters. The highest BCUT2D eigenvalue weighted by Crippen LogP contribution is 2.71. The standard InChI is InChI=1S/C21H27F3O2/c1-12(25)15-4-5-16-14-11-21(23,24)20(22)10-13(26)6-9-19(20,3)17(14)7-8-18(15,16)2/h4,14,16-17H,5-11H2,1-3H3/t14-,16-,17-,18+,19+,20+/m0/s1. The number of carbonyl (C=O) groups excluding carboxylic acids is 2. The smallest absolute Gasteiger partial charge is 0.282 e. The van der Waals surface area contributed by atoms with Gasteiger partial charge in [-0.05, 0) is 61.3 Å². The van der Waals surface area contributed by atoms with Gasteiger partial charge in [0.05, 0.1) is 0 Å². The van der Waals surface area contributed by atoms with Crippen molar-refractivity contribution in [2.24, 2.45) is 28.6 Å². The molecule has 0 amide bonds. The van der Waals surface area contributed by atoms with Crippen molar-refractivity contribution in [3.63, 3.8) is 0 Å². The number of hydrogen-bond acceptors (Lipinski definition) is 2. The Morgan fingerprint density at radius 3 is 2.50 bits per heavy atom. The Morgan fingerprint density at radius 1 is 1.15 bits per heavy atom. The summed E-state index contributed by atoms with van der Waals surface area (Å²) in [5.41, 5.74) is -3.52. The van der Waals surface area contributed by atoms with Crippen LogP contribution in [0.1, 0.15) is 65.7 Å². The van der Waals surface area contributed by atoms with Crippen molar-refractivity contribution in [3.05, 3.63) is 11.6 Å². The van der Waals surface area contributed by atoms with E-state index < -0.39 is 29.8 Å². The van der Waals surface area contributed by atoms with Crippen molar-refractivity contribution in [1.82, 2.24) is 0 Å². The number of ketones is 2. The summed E-state index contributed by atoms with van der Waals surface area (Å²) in [5, 5.41) is 0. The monoisotopic (exact) mass is 368 g/mol. The number of carbonyl (C=O) groups is 2. The highest BCUT2D eigenvalue weighted by molar-refractivity contribution is 5.95. The van der Waals surface area contributed by atoms with E-state index in [0.29, 0.717) is 12.8 Å². The van der Waals surface area contributed by atoms with Gasteiger partial charge in [-0.15, -0.1) is 0 Å². The van der Waals surface area contributed by atoms with Crippen LogP contribution in [0.3, 0.4) is 0 Å². The molecule has 0 aromatic carbocycles. The third kappa shape index (κ3) is 2.00. The van der Waals surface area contributed by atoms with Crippen LogP contribution < -0.4 is 0 Å². The Kier molecular flexibility index (Phi) is 3.67. The second kappa shape index (κ2) is 5.23. The molecule has 2 nitrogen and oxygen atoms in total. The van der Waals surface area contributed by atoms with E-state index in [1.54, 1.807) is 13.8 Å². The van der Waals surface area contributed by atoms with Gasteiger partial charge in [-0.25, -0.2) is 13.2 Å². The van der Waals surface area contributed by atoms with Gasteiger partial charge in [-0.3, -0.25) is 9.59 Å². The molecule has 5 heteroatoms. The summed E-state index contributed by atoms with van der Waals surface area (Å²) in [6, 6.07) is 0. The predicted octanol–water partition coefficient (Wildman–Crippen LogP) is 5.06. The molecular weight excluding hydrogens is 341 g/mol. The molecule has 3 saturated carbocycles. The Balaban J connectivity index is 1.76. The highest BCUT2D eigenvalue weighted by atomic mass is 19.3. The van der Waals surface area contributed by atoms with Crippen LogP contribution >= 0.6 is 0 Å². The van der Waals surface area contributed by atoms with Crippen LogP contribution in [0.25, 0.3) is 0 Å². The van der Waals surface area contributed by atoms with Crippen LogP contribution in [0.15, 0.2) is 11.6 Å². The molecule has 26 heavy (non-hydrogen) atoms. The summed E-state index contributed by atoms with van der Waals surface area (Å²) in [4.78, 5) is 23.9. The molecule has 0 aliphatic heterocycles. The van der Waals surface area contributed by atoms with Crippen molar-refractivity contribution >= 4 is 11.6 Å². The molecule has 144 valence electrons. The van der Waals surface area contributed by atoms with Crippen molar-refractivity contribution in [2.45, 2.75) is 77.3 Å². The van der Waals surface area contributed by atoms with E-state index >= 15 is 13.2 Å². The fourth-order valence-electron chi connectivity index (χ4n) is 7.12. The molecule has 0 aromatic heterocycles. The summed E-state index contributed by atoms with van der Waals surface area (Å²) < 4.78 is 46.1. The van der Waals surface area contributed by atoms with E-state index in [2.05, 4.69) is 0 Å². The Labute approximate surface area is 152 Å². The van der Waals surface area contributed by atoms with Crippen LogP contribution in [0, 0.1) is 28.6 Å². The molecule has 0 saturated heterocycles. The fourth-order valence-corrected chi connectivity index (χ4v) is 7.12. The first-order valence-electron chi connectivity index (χ1n) is 9.76. The maximum absolute atomic E-state index is 15.8. The molecule has 4 aliphatic carbocycles. The topological polar surface area (TPSA) is 34.1 Å². The molecule has 0 spiro atoms. The van der Waals surface area contributed by atoms with Gasteiger partial charge >= 0.3 is 0 Å². The van der Waals surface area contributed by atoms with Crippen molar-refractivity contribution in [1.29, 1.82) is 0 Å². The van der Waals surface area contributed by atoms with Crippen molar-refractivity contribution < 1.29 is 22.8 Å². The molecule has 0 radical (unpaired) electrons. The normalized spacial score (nSPS) is 49.7. The second-order valence-electron chi connectivity index (χ2n) is 9.59. The SMILES string of the molecule is CC(=O)C1=CC[C@H]2[C@@H]3CC(F)(F)[C@@]4(F)CC(=O)CC[C@]4(C)[C@H]3CC[C@]12C. The lowest BCUT2D eigenvalue weighted by Gasteiger charge is -2.63. The van der Waals surface area contributed by atoms with Gasteiger partial charge in [0.25, 0.3) is 5.92 Å². The first-order chi connectivity index (χ1) is 12.0. The van der Waals surface area contributed by atoms with Crippen LogP contribution in [-0.2, 0) is 9.59 Å². The summed E-state index contributed by atoms with van der Waals surface area (Å²) in [7, 11) is 0. The summed E-state index contributed by atoms with van der Waals surface area (Å²) >= 11 is 0. The quantitative estimate of drug-likeness (QED) is 0.648. The highest BCUT2D eigenvalue weighted by Gasteiger charge is 2.75. The third-order valence-corrected chi connectivity index (χ3v) is 8.56. The summed E-state index contributed by atoms with van der Waals surface area (Å²) in [6.07, 6.45) is 3.17. The van der Waals surface area contributed by atoms with Gasteiger partial charge in [0.1, 0.15) is 5.78 Å². The van der Waals surface area contributed by atoms with Gasteiger partial charge in [-0.1, -0.05) is 19.9 Å². The zero-order chi connectivity index (χ0) is 19.1. The number of hydrogen-bond donors (Lipinski definition) is 0. The van der Waals surface area contributed by atoms with Crippen LogP contribution in [-0.4, -0.2) is 23.2 Å². The zero-order valence-electron chi connectivity index (χ0n) is 15.7. The zero-order valence-corrected chi connectivity index (χ0v) is 15.7. The fraction of sp³-hybridized carbons (Fsp3) is 0.810. The lowest BCUT2D eigenvalue weighted by atomic mass is 9.43. The second-order valence-corrected chi connectivity index (χ2v) is 9.59. The van der Waals surface area contributed by atoms with Crippen LogP contribution in [0.5, 0.6) is 0 Å². The molecule has 0 heterocycles. The third-order valence-electron chi connectivity index (χ3n) is 8.56. The minimum absolute atomic E-state index is 0.0188. The van der Waals surface area contributed by atoms with Crippen molar-refractivity contribution in [3.8, 4) is 0 Å². The lowest BCUT2D eigenvalue weighted by Crippen LogP contribution is -2.68. The van der Waals surface area contributed by atoms with Gasteiger partial charge in [0.15, 0.2) is 11.5 Å². The van der Waals surface area contributed by atoms with Gasteiger partial charge < -0.3 is 0 Å². The van der Waals surface area contributed by atoms with E-state index in [0.717, 1.165) is 12.0 Å². The Hall–Kier alpha value is -1.13. The molecule has 0 bridgehead atoms. The number of rotatable bonds is 1. The summed E-state index contributed by atoms with van der Waals surface area (Å²) in [5.74, 6) is -4.37. The predicted molar refractivity (Wildman–Crippen MR) is 91.6 cm³/mol. The van der Waals surface area contributed by atoms with Crippen LogP contribution in [0.4, 0.5) is 13.2 Å². The molecule has 0 unspecified atom stereocenters. The maximum Gasteiger partial charge on any atom is 0.282 e. The number of fused-ring (bicyclic) bond motifs is 5. The molecule has 3 fully saturated rings. The number of halogens is 3. The number of Topliss-reactive ketones (excluding diaryl/α,β-unsaturated/α-hetero) is 2. The molecule has 0 aromatic rings. The Bertz CT molecular complexity index is 714. The van der Waals surface area contributed by atoms with Gasteiger partial charge in [-0.2, -0.15) is 0 Å². The van der Waals surface area contributed by atoms with E-state index in [1.165, 1.54) is 0 Å². The average Bonchev–Trinajstić information content (AvgIpc) is 2.88. The minimum atomic E-state index is -3.50. The minimum Gasteiger partial charge on any atom is -0.300 e. The molecule has 4 rings (SSSR count). The van der Waals surface area contributed by atoms with E-state index in [4.69, 9.17) is 0 Å². The first kappa shape index (κ1) is 18.2. The maximum atomic E-state index is 15.8. The molecular formula is C21H27F3O2.